The standard InChI is InChI=1S/C14H17N3O2/c1-16-9-11-4-2-6-17(11)10-12(16)8-15-14(18)13-5-3-7-19-13/h2-7,12H,8-10H2,1H3,(H,15,18). The van der Waals surface area contributed by atoms with Gasteiger partial charge in [-0.2, -0.15) is 0 Å². The molecule has 19 heavy (non-hydrogen) atoms. The first-order valence-corrected chi connectivity index (χ1v) is 6.40. The van der Waals surface area contributed by atoms with E-state index in [-0.39, 0.29) is 5.91 Å². The van der Waals surface area contributed by atoms with Crippen LogP contribution in [0.15, 0.2) is 41.1 Å². The summed E-state index contributed by atoms with van der Waals surface area (Å²) in [6, 6.07) is 7.89. The van der Waals surface area contributed by atoms with Gasteiger partial charge < -0.3 is 14.3 Å². The maximum absolute atomic E-state index is 11.8. The van der Waals surface area contributed by atoms with E-state index in [4.69, 9.17) is 4.42 Å². The van der Waals surface area contributed by atoms with Crippen molar-refractivity contribution in [3.63, 3.8) is 0 Å². The molecule has 0 bridgehead atoms. The summed E-state index contributed by atoms with van der Waals surface area (Å²) in [7, 11) is 2.08. The number of rotatable bonds is 3. The smallest absolute Gasteiger partial charge is 0.287 e. The van der Waals surface area contributed by atoms with Crippen LogP contribution in [0.5, 0.6) is 0 Å². The number of carbonyl (C=O) groups excluding carboxylic acids is 1. The van der Waals surface area contributed by atoms with Gasteiger partial charge in [-0.05, 0) is 31.3 Å². The van der Waals surface area contributed by atoms with Crippen LogP contribution in [0.3, 0.4) is 0 Å². The van der Waals surface area contributed by atoms with E-state index in [1.807, 2.05) is 0 Å². The lowest BCUT2D eigenvalue weighted by atomic mass is 10.2. The van der Waals surface area contributed by atoms with Gasteiger partial charge in [0.2, 0.25) is 0 Å². The first-order valence-electron chi connectivity index (χ1n) is 6.40. The molecule has 0 spiro atoms. The Balaban J connectivity index is 1.60. The number of aromatic nitrogens is 1. The fourth-order valence-corrected chi connectivity index (χ4v) is 2.45. The average molecular weight is 259 g/mol. The molecular formula is C14H17N3O2. The number of hydrogen-bond acceptors (Lipinski definition) is 3. The minimum atomic E-state index is -0.156. The predicted molar refractivity (Wildman–Crippen MR) is 70.7 cm³/mol. The molecule has 3 heterocycles. The van der Waals surface area contributed by atoms with Gasteiger partial charge in [0, 0.05) is 37.6 Å². The number of amides is 1. The Labute approximate surface area is 111 Å². The molecule has 0 radical (unpaired) electrons. The molecular weight excluding hydrogens is 242 g/mol. The van der Waals surface area contributed by atoms with Crippen LogP contribution in [0.4, 0.5) is 0 Å². The van der Waals surface area contributed by atoms with Crippen molar-refractivity contribution in [2.24, 2.45) is 0 Å². The van der Waals surface area contributed by atoms with E-state index in [0.717, 1.165) is 13.1 Å². The van der Waals surface area contributed by atoms with Gasteiger partial charge in [-0.15, -0.1) is 0 Å². The zero-order valence-electron chi connectivity index (χ0n) is 10.9. The normalized spacial score (nSPS) is 19.1. The molecule has 0 saturated heterocycles. The Bertz CT molecular complexity index is 559. The van der Waals surface area contributed by atoms with E-state index in [0.29, 0.717) is 18.3 Å². The lowest BCUT2D eigenvalue weighted by Crippen LogP contribution is -2.47. The maximum atomic E-state index is 11.8. The Morgan fingerprint density at radius 1 is 1.47 bits per heavy atom. The molecule has 1 aliphatic rings. The van der Waals surface area contributed by atoms with Crippen molar-refractivity contribution in [3.8, 4) is 0 Å². The van der Waals surface area contributed by atoms with Crippen LogP contribution in [0, 0.1) is 0 Å². The van der Waals surface area contributed by atoms with Crippen molar-refractivity contribution in [2.75, 3.05) is 13.6 Å². The second-order valence-corrected chi connectivity index (χ2v) is 4.91. The first-order chi connectivity index (χ1) is 9.24. The summed E-state index contributed by atoms with van der Waals surface area (Å²) in [6.07, 6.45) is 3.59. The summed E-state index contributed by atoms with van der Waals surface area (Å²) in [4.78, 5) is 14.1. The van der Waals surface area contributed by atoms with E-state index >= 15 is 0 Å². The van der Waals surface area contributed by atoms with Gasteiger partial charge in [0.25, 0.3) is 5.91 Å². The lowest BCUT2D eigenvalue weighted by Gasteiger charge is -2.34. The summed E-state index contributed by atoms with van der Waals surface area (Å²) in [5, 5.41) is 2.92. The average Bonchev–Trinajstić information content (AvgIpc) is 3.06. The molecule has 3 rings (SSSR count). The third-order valence-corrected chi connectivity index (χ3v) is 3.61. The van der Waals surface area contributed by atoms with E-state index in [9.17, 15) is 4.79 Å². The van der Waals surface area contributed by atoms with Crippen LogP contribution in [0.2, 0.25) is 0 Å². The Hall–Kier alpha value is -2.01. The van der Waals surface area contributed by atoms with Crippen LogP contribution < -0.4 is 5.32 Å². The molecule has 0 aliphatic carbocycles. The molecule has 100 valence electrons. The van der Waals surface area contributed by atoms with Gasteiger partial charge in [0.15, 0.2) is 5.76 Å². The molecule has 0 aromatic carbocycles. The van der Waals surface area contributed by atoms with Crippen LogP contribution in [-0.4, -0.2) is 35.0 Å². The minimum Gasteiger partial charge on any atom is -0.459 e. The summed E-state index contributed by atoms with van der Waals surface area (Å²) in [6.45, 7) is 2.43. The fourth-order valence-electron chi connectivity index (χ4n) is 2.45. The second-order valence-electron chi connectivity index (χ2n) is 4.91. The highest BCUT2D eigenvalue weighted by Crippen LogP contribution is 2.16. The Morgan fingerprint density at radius 2 is 2.37 bits per heavy atom. The second kappa shape index (κ2) is 4.93. The SMILES string of the molecule is CN1Cc2cccn2CC1CNC(=O)c1ccco1. The van der Waals surface area contributed by atoms with Gasteiger partial charge in [-0.1, -0.05) is 0 Å². The van der Waals surface area contributed by atoms with Crippen molar-refractivity contribution in [3.05, 3.63) is 48.2 Å². The van der Waals surface area contributed by atoms with E-state index in [1.54, 1.807) is 12.1 Å². The van der Waals surface area contributed by atoms with Crippen LogP contribution in [0.1, 0.15) is 16.2 Å². The molecule has 1 N–H and O–H groups in total. The number of carbonyl (C=O) groups is 1. The van der Waals surface area contributed by atoms with E-state index in [1.165, 1.54) is 12.0 Å². The van der Waals surface area contributed by atoms with Crippen molar-refractivity contribution in [1.29, 1.82) is 0 Å². The Morgan fingerprint density at radius 3 is 3.16 bits per heavy atom. The van der Waals surface area contributed by atoms with Crippen LogP contribution >= 0.6 is 0 Å². The Kier molecular flexibility index (Phi) is 3.13. The largest absolute Gasteiger partial charge is 0.459 e. The molecule has 1 unspecified atom stereocenters. The maximum Gasteiger partial charge on any atom is 0.287 e. The molecule has 5 heteroatoms. The zero-order valence-corrected chi connectivity index (χ0v) is 10.9. The molecule has 2 aromatic heterocycles. The van der Waals surface area contributed by atoms with Crippen molar-refractivity contribution < 1.29 is 9.21 Å². The summed E-state index contributed by atoms with van der Waals surface area (Å²) in [5.41, 5.74) is 1.32. The molecule has 0 fully saturated rings. The van der Waals surface area contributed by atoms with Crippen LogP contribution in [0.25, 0.3) is 0 Å². The van der Waals surface area contributed by atoms with Gasteiger partial charge in [-0.3, -0.25) is 9.69 Å². The first kappa shape index (κ1) is 12.0. The predicted octanol–water partition coefficient (Wildman–Crippen LogP) is 1.33. The van der Waals surface area contributed by atoms with Gasteiger partial charge in [0.1, 0.15) is 0 Å². The number of hydrogen-bond donors (Lipinski definition) is 1. The highest BCUT2D eigenvalue weighted by molar-refractivity contribution is 5.91. The summed E-state index contributed by atoms with van der Waals surface area (Å²) in [5.74, 6) is 0.205. The molecule has 0 saturated carbocycles. The van der Waals surface area contributed by atoms with Crippen molar-refractivity contribution in [2.45, 2.75) is 19.1 Å². The van der Waals surface area contributed by atoms with Gasteiger partial charge in [0.05, 0.1) is 6.26 Å². The number of furan rings is 1. The molecule has 1 aliphatic heterocycles. The number of fused-ring (bicyclic) bond motifs is 1. The minimum absolute atomic E-state index is 0.156. The summed E-state index contributed by atoms with van der Waals surface area (Å²) >= 11 is 0. The lowest BCUT2D eigenvalue weighted by molar-refractivity contribution is 0.0898. The number of likely N-dealkylation sites (N-methyl/N-ethyl adjacent to an activating group) is 1. The highest BCUT2D eigenvalue weighted by atomic mass is 16.3. The van der Waals surface area contributed by atoms with Crippen molar-refractivity contribution in [1.82, 2.24) is 14.8 Å². The summed E-state index contributed by atoms with van der Waals surface area (Å²) < 4.78 is 7.31. The molecule has 2 aromatic rings. The molecule has 1 atom stereocenters. The third-order valence-electron chi connectivity index (χ3n) is 3.61. The van der Waals surface area contributed by atoms with E-state index < -0.39 is 0 Å². The highest BCUT2D eigenvalue weighted by Gasteiger charge is 2.23. The van der Waals surface area contributed by atoms with Gasteiger partial charge in [-0.25, -0.2) is 0 Å². The number of nitrogens with one attached hydrogen (secondary N) is 1. The van der Waals surface area contributed by atoms with E-state index in [2.05, 4.69) is 40.2 Å². The quantitative estimate of drug-likeness (QED) is 0.904. The monoisotopic (exact) mass is 259 g/mol. The topological polar surface area (TPSA) is 50.4 Å². The third kappa shape index (κ3) is 2.42. The van der Waals surface area contributed by atoms with Crippen LogP contribution in [-0.2, 0) is 13.1 Å². The zero-order chi connectivity index (χ0) is 13.2. The molecule has 1 amide bonds. The number of nitrogens with zero attached hydrogens (tertiary/aromatic N) is 2. The van der Waals surface area contributed by atoms with Gasteiger partial charge >= 0.3 is 0 Å². The fraction of sp³-hybridized carbons (Fsp3) is 0.357. The van der Waals surface area contributed by atoms with Crippen molar-refractivity contribution >= 4 is 5.91 Å². The molecule has 5 nitrogen and oxygen atoms in total.